The van der Waals surface area contributed by atoms with Gasteiger partial charge in [-0.05, 0) is 65.3 Å². The van der Waals surface area contributed by atoms with Gasteiger partial charge in [-0.3, -0.25) is 9.59 Å². The predicted molar refractivity (Wildman–Crippen MR) is 111 cm³/mol. The minimum atomic E-state index is -4.55. The fraction of sp³-hybridized carbons (Fsp3) is 0.636. The van der Waals surface area contributed by atoms with Crippen molar-refractivity contribution in [3.63, 3.8) is 0 Å². The average Bonchev–Trinajstić information content (AvgIpc) is 2.71. The summed E-state index contributed by atoms with van der Waals surface area (Å²) in [6, 6.07) is 4.51. The molecule has 1 fully saturated rings. The van der Waals surface area contributed by atoms with Gasteiger partial charge in [0.25, 0.3) is 5.91 Å². The molecule has 2 rings (SSSR count). The van der Waals surface area contributed by atoms with Gasteiger partial charge in [0.2, 0.25) is 5.91 Å². The highest BCUT2D eigenvalue weighted by Gasteiger charge is 2.36. The van der Waals surface area contributed by atoms with E-state index in [9.17, 15) is 27.9 Å². The Bertz CT molecular complexity index is 768. The largest absolute Gasteiger partial charge is 0.416 e. The minimum Gasteiger partial charge on any atom is -0.393 e. The number of carbonyl (C=O) groups excluding carboxylic acids is 2. The molecule has 1 aromatic carbocycles. The number of nitrogens with one attached hydrogen (secondary N) is 2. The van der Waals surface area contributed by atoms with Crippen molar-refractivity contribution in [2.45, 2.75) is 70.4 Å². The molecule has 174 valence electrons. The smallest absolute Gasteiger partial charge is 0.393 e. The minimum absolute atomic E-state index is 0.122. The lowest BCUT2D eigenvalue weighted by molar-refractivity contribution is -0.137. The Labute approximate surface area is 181 Å². The summed E-state index contributed by atoms with van der Waals surface area (Å²) < 4.78 is 38.4. The molecule has 1 aliphatic rings. The lowest BCUT2D eigenvalue weighted by atomic mass is 9.78. The average molecular weight is 444 g/mol. The molecule has 6 nitrogen and oxygen atoms in total. The number of hydrogen-bond donors (Lipinski definition) is 3. The first kappa shape index (κ1) is 25.1. The highest BCUT2D eigenvalue weighted by atomic mass is 19.4. The van der Waals surface area contributed by atoms with Crippen LogP contribution in [0.15, 0.2) is 24.3 Å². The topological polar surface area (TPSA) is 81.7 Å². The number of aliphatic hydroxyl groups is 1. The Morgan fingerprint density at radius 2 is 1.90 bits per heavy atom. The van der Waals surface area contributed by atoms with Crippen LogP contribution in [0.1, 0.15) is 56.0 Å². The summed E-state index contributed by atoms with van der Waals surface area (Å²) in [6.45, 7) is 5.57. The van der Waals surface area contributed by atoms with Gasteiger partial charge >= 0.3 is 6.18 Å². The Morgan fingerprint density at radius 3 is 2.48 bits per heavy atom. The fourth-order valence-electron chi connectivity index (χ4n) is 4.04. The van der Waals surface area contributed by atoms with Crippen molar-refractivity contribution in [1.82, 2.24) is 15.5 Å². The van der Waals surface area contributed by atoms with E-state index in [2.05, 4.69) is 36.4 Å². The molecule has 0 heterocycles. The number of rotatable bonds is 7. The Hall–Kier alpha value is -2.13. The zero-order valence-electron chi connectivity index (χ0n) is 18.4. The van der Waals surface area contributed by atoms with Crippen molar-refractivity contribution in [2.24, 2.45) is 5.92 Å². The van der Waals surface area contributed by atoms with Crippen molar-refractivity contribution in [2.75, 3.05) is 13.6 Å². The van der Waals surface area contributed by atoms with E-state index in [1.54, 1.807) is 6.92 Å². The third kappa shape index (κ3) is 6.93. The molecule has 0 radical (unpaired) electrons. The summed E-state index contributed by atoms with van der Waals surface area (Å²) in [6.07, 6.45) is -2.84. The molecule has 0 saturated heterocycles. The van der Waals surface area contributed by atoms with Crippen LogP contribution in [0.4, 0.5) is 13.2 Å². The molecule has 0 aromatic heterocycles. The SMILES string of the molecule is CC(O)[C@@H]1C[C@H](N(C)C(C)C)CC[C@@H]1NC(=O)CNC(=O)c1cccc(C(F)(F)F)c1. The number of alkyl halides is 3. The highest BCUT2D eigenvalue weighted by molar-refractivity contribution is 5.96. The standard InChI is InChI=1S/C22H32F3N3O3/c1-13(2)28(4)17-8-9-19(18(11-17)14(3)29)27-20(30)12-26-21(31)15-6-5-7-16(10-15)22(23,24)25/h5-7,10,13-14,17-19,29H,8-9,11-12H2,1-4H3,(H,26,31)(H,27,30)/t14?,17-,18+,19+/m1/s1. The maximum absolute atomic E-state index is 12.8. The molecule has 0 bridgehead atoms. The Balaban J connectivity index is 1.92. The van der Waals surface area contributed by atoms with Gasteiger partial charge in [0.05, 0.1) is 18.2 Å². The molecule has 0 spiro atoms. The summed E-state index contributed by atoms with van der Waals surface area (Å²) in [5.41, 5.74) is -1.09. The molecule has 4 atom stereocenters. The Morgan fingerprint density at radius 1 is 1.23 bits per heavy atom. The van der Waals surface area contributed by atoms with Crippen molar-refractivity contribution in [3.8, 4) is 0 Å². The van der Waals surface area contributed by atoms with E-state index in [1.165, 1.54) is 6.07 Å². The van der Waals surface area contributed by atoms with Crippen LogP contribution >= 0.6 is 0 Å². The third-order valence-corrected chi connectivity index (χ3v) is 6.09. The van der Waals surface area contributed by atoms with E-state index in [0.29, 0.717) is 18.5 Å². The maximum atomic E-state index is 12.8. The number of nitrogens with zero attached hydrogens (tertiary/aromatic N) is 1. The summed E-state index contributed by atoms with van der Waals surface area (Å²) in [5.74, 6) is -1.31. The second kappa shape index (κ2) is 10.5. The summed E-state index contributed by atoms with van der Waals surface area (Å²) >= 11 is 0. The quantitative estimate of drug-likeness (QED) is 0.605. The lowest BCUT2D eigenvalue weighted by Gasteiger charge is -2.42. The normalized spacial score (nSPS) is 23.0. The van der Waals surface area contributed by atoms with Crippen molar-refractivity contribution >= 4 is 11.8 Å². The number of aliphatic hydroxyl groups excluding tert-OH is 1. The molecule has 2 amide bonds. The molecule has 1 aromatic rings. The van der Waals surface area contributed by atoms with Gasteiger partial charge in [0, 0.05) is 29.6 Å². The van der Waals surface area contributed by atoms with Crippen LogP contribution in [-0.2, 0) is 11.0 Å². The monoisotopic (exact) mass is 443 g/mol. The first-order valence-electron chi connectivity index (χ1n) is 10.5. The molecule has 31 heavy (non-hydrogen) atoms. The van der Waals surface area contributed by atoms with Crippen LogP contribution in [0.2, 0.25) is 0 Å². The molecule has 9 heteroatoms. The van der Waals surface area contributed by atoms with Crippen LogP contribution in [-0.4, -0.2) is 59.6 Å². The summed E-state index contributed by atoms with van der Waals surface area (Å²) in [7, 11) is 2.05. The van der Waals surface area contributed by atoms with E-state index in [-0.39, 0.29) is 24.1 Å². The number of amides is 2. The number of carbonyl (C=O) groups is 2. The summed E-state index contributed by atoms with van der Waals surface area (Å²) in [4.78, 5) is 26.8. The van der Waals surface area contributed by atoms with Crippen molar-refractivity contribution in [3.05, 3.63) is 35.4 Å². The van der Waals surface area contributed by atoms with E-state index < -0.39 is 29.7 Å². The van der Waals surface area contributed by atoms with Gasteiger partial charge in [-0.15, -0.1) is 0 Å². The van der Waals surface area contributed by atoms with Crippen LogP contribution < -0.4 is 10.6 Å². The van der Waals surface area contributed by atoms with Crippen LogP contribution in [0.5, 0.6) is 0 Å². The highest BCUT2D eigenvalue weighted by Crippen LogP contribution is 2.31. The van der Waals surface area contributed by atoms with E-state index in [4.69, 9.17) is 0 Å². The van der Waals surface area contributed by atoms with Gasteiger partial charge in [0.15, 0.2) is 0 Å². The van der Waals surface area contributed by atoms with Gasteiger partial charge < -0.3 is 20.6 Å². The van der Waals surface area contributed by atoms with Crippen LogP contribution in [0.3, 0.4) is 0 Å². The van der Waals surface area contributed by atoms with Gasteiger partial charge in [0.1, 0.15) is 0 Å². The number of halogens is 3. The van der Waals surface area contributed by atoms with Crippen molar-refractivity contribution < 1.29 is 27.9 Å². The van der Waals surface area contributed by atoms with E-state index in [0.717, 1.165) is 31.0 Å². The number of benzene rings is 1. The van der Waals surface area contributed by atoms with Gasteiger partial charge in [-0.1, -0.05) is 6.07 Å². The van der Waals surface area contributed by atoms with Crippen molar-refractivity contribution in [1.29, 1.82) is 0 Å². The molecular formula is C22H32F3N3O3. The Kier molecular flexibility index (Phi) is 8.48. The van der Waals surface area contributed by atoms with Gasteiger partial charge in [-0.2, -0.15) is 13.2 Å². The molecule has 1 unspecified atom stereocenters. The first-order chi connectivity index (χ1) is 14.4. The second-order valence-electron chi connectivity index (χ2n) is 8.57. The third-order valence-electron chi connectivity index (χ3n) is 6.09. The fourth-order valence-corrected chi connectivity index (χ4v) is 4.04. The molecule has 3 N–H and O–H groups in total. The lowest BCUT2D eigenvalue weighted by Crippen LogP contribution is -2.53. The van der Waals surface area contributed by atoms with Gasteiger partial charge in [-0.25, -0.2) is 0 Å². The van der Waals surface area contributed by atoms with Crippen LogP contribution in [0.25, 0.3) is 0 Å². The maximum Gasteiger partial charge on any atom is 0.416 e. The molecule has 1 aliphatic carbocycles. The first-order valence-corrected chi connectivity index (χ1v) is 10.5. The molecule has 1 saturated carbocycles. The molecule has 0 aliphatic heterocycles. The summed E-state index contributed by atoms with van der Waals surface area (Å²) in [5, 5.41) is 15.5. The molecular weight excluding hydrogens is 411 g/mol. The zero-order valence-corrected chi connectivity index (χ0v) is 18.4. The zero-order chi connectivity index (χ0) is 23.3. The van der Waals surface area contributed by atoms with E-state index >= 15 is 0 Å². The van der Waals surface area contributed by atoms with Crippen LogP contribution in [0, 0.1) is 5.92 Å². The second-order valence-corrected chi connectivity index (χ2v) is 8.57. The van der Waals surface area contributed by atoms with E-state index in [1.807, 2.05) is 0 Å². The number of hydrogen-bond acceptors (Lipinski definition) is 4. The predicted octanol–water partition coefficient (Wildman–Crippen LogP) is 2.81.